The minimum atomic E-state index is 1.04. The van der Waals surface area contributed by atoms with E-state index in [1.54, 1.807) is 0 Å². The highest BCUT2D eigenvalue weighted by molar-refractivity contribution is 14.1. The molecule has 0 unspecified atom stereocenters. The predicted octanol–water partition coefficient (Wildman–Crippen LogP) is 3.64. The van der Waals surface area contributed by atoms with Crippen molar-refractivity contribution in [1.82, 2.24) is 15.0 Å². The molecule has 0 aliphatic rings. The van der Waals surface area contributed by atoms with Crippen LogP contribution in [0.5, 0.6) is 0 Å². The van der Waals surface area contributed by atoms with Gasteiger partial charge in [-0.3, -0.25) is 0 Å². The van der Waals surface area contributed by atoms with Crippen LogP contribution in [0.1, 0.15) is 37.8 Å². The van der Waals surface area contributed by atoms with Gasteiger partial charge in [0, 0.05) is 6.54 Å². The van der Waals surface area contributed by atoms with Crippen LogP contribution in [0.25, 0.3) is 0 Å². The van der Waals surface area contributed by atoms with E-state index in [1.807, 2.05) is 6.20 Å². The average Bonchev–Trinajstić information content (AvgIpc) is 2.74. The number of nitrogens with zero attached hydrogens (tertiary/aromatic N) is 3. The molecular formula is C11H19I2N3. The largest absolute Gasteiger partial charge is 0.249 e. The van der Waals surface area contributed by atoms with Gasteiger partial charge in [-0.05, 0) is 34.5 Å². The van der Waals surface area contributed by atoms with Crippen molar-refractivity contribution in [3.05, 3.63) is 11.9 Å². The smallest absolute Gasteiger partial charge is 0.0725 e. The Kier molecular flexibility index (Phi) is 8.81. The van der Waals surface area contributed by atoms with Crippen LogP contribution >= 0.6 is 45.2 Å². The van der Waals surface area contributed by atoms with Crippen LogP contribution in [0.15, 0.2) is 6.20 Å². The molecule has 0 amide bonds. The van der Waals surface area contributed by atoms with Gasteiger partial charge in [0.15, 0.2) is 0 Å². The molecule has 16 heavy (non-hydrogen) atoms. The fraction of sp³-hybridized carbons (Fsp3) is 0.818. The number of aryl methyl sites for hydroxylation is 2. The minimum absolute atomic E-state index is 1.04. The molecule has 0 radical (unpaired) electrons. The van der Waals surface area contributed by atoms with Gasteiger partial charge < -0.3 is 0 Å². The first-order chi connectivity index (χ1) is 7.88. The molecule has 0 fully saturated rings. The zero-order valence-corrected chi connectivity index (χ0v) is 13.9. The summed E-state index contributed by atoms with van der Waals surface area (Å²) in [5.74, 6) is 0. The van der Waals surface area contributed by atoms with E-state index in [-0.39, 0.29) is 0 Å². The van der Waals surface area contributed by atoms with E-state index in [0.717, 1.165) is 13.0 Å². The standard InChI is InChI=1S/C11H19I2N3/c12-7-3-1-2-4-9-16-11(6-5-8-13)10-14-15-16/h10H,1-9H2. The van der Waals surface area contributed by atoms with Gasteiger partial charge in [-0.1, -0.05) is 63.2 Å². The van der Waals surface area contributed by atoms with Crippen molar-refractivity contribution in [2.75, 3.05) is 8.86 Å². The predicted molar refractivity (Wildman–Crippen MR) is 84.6 cm³/mol. The number of hydrogen-bond acceptors (Lipinski definition) is 2. The molecule has 0 aliphatic carbocycles. The molecule has 0 aliphatic heterocycles. The average molecular weight is 447 g/mol. The third kappa shape index (κ3) is 5.79. The van der Waals surface area contributed by atoms with Crippen LogP contribution in [0.2, 0.25) is 0 Å². The lowest BCUT2D eigenvalue weighted by Crippen LogP contribution is -2.05. The molecule has 0 N–H and O–H groups in total. The molecule has 92 valence electrons. The zero-order chi connectivity index (χ0) is 11.6. The molecule has 1 rings (SSSR count). The van der Waals surface area contributed by atoms with E-state index >= 15 is 0 Å². The van der Waals surface area contributed by atoms with Gasteiger partial charge in [-0.25, -0.2) is 4.68 Å². The number of alkyl halides is 2. The summed E-state index contributed by atoms with van der Waals surface area (Å²) in [6, 6.07) is 0. The maximum Gasteiger partial charge on any atom is 0.0725 e. The molecule has 5 heteroatoms. The summed E-state index contributed by atoms with van der Waals surface area (Å²) in [4.78, 5) is 0. The normalized spacial score (nSPS) is 10.9. The van der Waals surface area contributed by atoms with Gasteiger partial charge >= 0.3 is 0 Å². The number of aromatic nitrogens is 3. The second-order valence-corrected chi connectivity index (χ2v) is 6.00. The molecule has 0 bridgehead atoms. The van der Waals surface area contributed by atoms with Crippen molar-refractivity contribution in [3.8, 4) is 0 Å². The Morgan fingerprint density at radius 2 is 1.75 bits per heavy atom. The number of hydrogen-bond donors (Lipinski definition) is 0. The van der Waals surface area contributed by atoms with E-state index < -0.39 is 0 Å². The summed E-state index contributed by atoms with van der Waals surface area (Å²) in [5, 5.41) is 8.15. The van der Waals surface area contributed by atoms with Crippen LogP contribution in [0.3, 0.4) is 0 Å². The molecule has 0 saturated carbocycles. The quantitative estimate of drug-likeness (QED) is 0.329. The van der Waals surface area contributed by atoms with Crippen LogP contribution in [-0.2, 0) is 13.0 Å². The minimum Gasteiger partial charge on any atom is -0.249 e. The van der Waals surface area contributed by atoms with Gasteiger partial charge in [0.25, 0.3) is 0 Å². The summed E-state index contributed by atoms with van der Waals surface area (Å²) in [6.07, 6.45) is 9.50. The Labute approximate surface area is 125 Å². The first kappa shape index (κ1) is 14.7. The lowest BCUT2D eigenvalue weighted by Gasteiger charge is -2.05. The van der Waals surface area contributed by atoms with Gasteiger partial charge in [0.2, 0.25) is 0 Å². The van der Waals surface area contributed by atoms with Crippen molar-refractivity contribution in [3.63, 3.8) is 0 Å². The summed E-state index contributed by atoms with van der Waals surface area (Å²) >= 11 is 4.86. The lowest BCUT2D eigenvalue weighted by molar-refractivity contribution is 0.511. The van der Waals surface area contributed by atoms with Crippen molar-refractivity contribution in [2.45, 2.75) is 45.1 Å². The molecular weight excluding hydrogens is 428 g/mol. The van der Waals surface area contributed by atoms with Gasteiger partial charge in [0.1, 0.15) is 0 Å². The van der Waals surface area contributed by atoms with Crippen molar-refractivity contribution < 1.29 is 0 Å². The van der Waals surface area contributed by atoms with Gasteiger partial charge in [0.05, 0.1) is 11.9 Å². The zero-order valence-electron chi connectivity index (χ0n) is 9.54. The third-order valence-corrected chi connectivity index (χ3v) is 4.04. The molecule has 0 aromatic carbocycles. The summed E-state index contributed by atoms with van der Waals surface area (Å²) < 4.78 is 4.57. The molecule has 1 aromatic heterocycles. The second kappa shape index (κ2) is 9.61. The summed E-state index contributed by atoms with van der Waals surface area (Å²) in [7, 11) is 0. The number of rotatable bonds is 9. The Morgan fingerprint density at radius 1 is 1.00 bits per heavy atom. The van der Waals surface area contributed by atoms with Gasteiger partial charge in [-0.2, -0.15) is 0 Å². The highest BCUT2D eigenvalue weighted by atomic mass is 127. The molecule has 1 heterocycles. The number of halogens is 2. The number of unbranched alkanes of at least 4 members (excludes halogenated alkanes) is 3. The van der Waals surface area contributed by atoms with E-state index in [1.165, 1.54) is 46.7 Å². The first-order valence-electron chi connectivity index (χ1n) is 5.87. The Hall–Kier alpha value is 0.600. The summed E-state index contributed by atoms with van der Waals surface area (Å²) in [5.41, 5.74) is 1.30. The summed E-state index contributed by atoms with van der Waals surface area (Å²) in [6.45, 7) is 1.04. The first-order valence-corrected chi connectivity index (χ1v) is 8.93. The van der Waals surface area contributed by atoms with E-state index in [9.17, 15) is 0 Å². The molecule has 0 atom stereocenters. The van der Waals surface area contributed by atoms with Crippen LogP contribution in [0, 0.1) is 0 Å². The fourth-order valence-electron chi connectivity index (χ4n) is 1.62. The maximum absolute atomic E-state index is 4.15. The third-order valence-electron chi connectivity index (χ3n) is 2.52. The van der Waals surface area contributed by atoms with E-state index in [2.05, 4.69) is 60.2 Å². The van der Waals surface area contributed by atoms with Crippen LogP contribution < -0.4 is 0 Å². The second-order valence-electron chi connectivity index (χ2n) is 3.84. The molecule has 0 spiro atoms. The Morgan fingerprint density at radius 3 is 2.50 bits per heavy atom. The fourth-order valence-corrected chi connectivity index (χ4v) is 2.54. The topological polar surface area (TPSA) is 30.7 Å². The molecule has 3 nitrogen and oxygen atoms in total. The maximum atomic E-state index is 4.15. The van der Waals surface area contributed by atoms with Crippen molar-refractivity contribution >= 4 is 45.2 Å². The van der Waals surface area contributed by atoms with Crippen molar-refractivity contribution in [1.29, 1.82) is 0 Å². The van der Waals surface area contributed by atoms with Crippen molar-refractivity contribution in [2.24, 2.45) is 0 Å². The SMILES string of the molecule is ICCCCCCn1nncc1CCCI. The lowest BCUT2D eigenvalue weighted by atomic mass is 10.2. The van der Waals surface area contributed by atoms with Gasteiger partial charge in [-0.15, -0.1) is 5.10 Å². The van der Waals surface area contributed by atoms with Crippen LogP contribution in [0.4, 0.5) is 0 Å². The highest BCUT2D eigenvalue weighted by Gasteiger charge is 2.02. The Balaban J connectivity index is 2.22. The molecule has 1 aromatic rings. The van der Waals surface area contributed by atoms with Crippen LogP contribution in [-0.4, -0.2) is 23.8 Å². The van der Waals surface area contributed by atoms with E-state index in [4.69, 9.17) is 0 Å². The Bertz CT molecular complexity index is 276. The molecule has 0 saturated heterocycles. The highest BCUT2D eigenvalue weighted by Crippen LogP contribution is 2.07. The monoisotopic (exact) mass is 447 g/mol. The van der Waals surface area contributed by atoms with E-state index in [0.29, 0.717) is 0 Å².